The summed E-state index contributed by atoms with van der Waals surface area (Å²) in [5, 5.41) is 0. The molecule has 4 atom stereocenters. The molecule has 3 rings (SSSR count). The van der Waals surface area contributed by atoms with Gasteiger partial charge in [-0.05, 0) is 74.0 Å². The van der Waals surface area contributed by atoms with Crippen LogP contribution in [0.15, 0.2) is 0 Å². The average Bonchev–Trinajstić information content (AvgIpc) is 2.84. The molecule has 0 aromatic heterocycles. The molecule has 0 heterocycles. The molecule has 0 aliphatic heterocycles. The standard InChI is InChI=1S/C31H56F2/c1-3-5-7-8-9-11-13-25-16-20-27(21-17-25)29-23-22-28(30(32)31(29)33)26-18-14-24(15-19-26)12-10-6-4-2/h24-31H,3-23H2,1-2H3. The number of halogens is 2. The maximum atomic E-state index is 15.4. The number of alkyl halides is 2. The van der Waals surface area contributed by atoms with Gasteiger partial charge in [-0.2, -0.15) is 0 Å². The molecule has 0 bridgehead atoms. The van der Waals surface area contributed by atoms with Crippen LogP contribution in [0, 0.1) is 35.5 Å². The lowest BCUT2D eigenvalue weighted by atomic mass is 9.63. The van der Waals surface area contributed by atoms with Gasteiger partial charge in [0.2, 0.25) is 0 Å². The largest absolute Gasteiger partial charge is 0.244 e. The highest BCUT2D eigenvalue weighted by atomic mass is 19.2. The Morgan fingerprint density at radius 2 is 0.818 bits per heavy atom. The Morgan fingerprint density at radius 1 is 0.455 bits per heavy atom. The summed E-state index contributed by atoms with van der Waals surface area (Å²) in [6, 6.07) is 0. The molecular formula is C31H56F2. The first-order chi connectivity index (χ1) is 16.1. The highest BCUT2D eigenvalue weighted by Gasteiger charge is 2.46. The predicted octanol–water partition coefficient (Wildman–Crippen LogP) is 10.6. The van der Waals surface area contributed by atoms with Gasteiger partial charge in [0, 0.05) is 0 Å². The van der Waals surface area contributed by atoms with E-state index in [1.54, 1.807) is 0 Å². The predicted molar refractivity (Wildman–Crippen MR) is 139 cm³/mol. The summed E-state index contributed by atoms with van der Waals surface area (Å²) in [4.78, 5) is 0. The molecule has 3 aliphatic carbocycles. The fraction of sp³-hybridized carbons (Fsp3) is 1.00. The Hall–Kier alpha value is -0.140. The zero-order valence-electron chi connectivity index (χ0n) is 22.2. The first kappa shape index (κ1) is 27.4. The van der Waals surface area contributed by atoms with Gasteiger partial charge in [-0.15, -0.1) is 0 Å². The lowest BCUT2D eigenvalue weighted by Gasteiger charge is -2.44. The molecule has 0 amide bonds. The molecule has 194 valence electrons. The van der Waals surface area contributed by atoms with Crippen LogP contribution in [-0.2, 0) is 0 Å². The average molecular weight is 467 g/mol. The third kappa shape index (κ3) is 8.49. The summed E-state index contributed by atoms with van der Waals surface area (Å²) >= 11 is 0. The Bertz CT molecular complexity index is 489. The van der Waals surface area contributed by atoms with E-state index >= 15 is 8.78 Å². The van der Waals surface area contributed by atoms with Crippen molar-refractivity contribution in [3.05, 3.63) is 0 Å². The van der Waals surface area contributed by atoms with Crippen LogP contribution in [0.5, 0.6) is 0 Å². The van der Waals surface area contributed by atoms with Gasteiger partial charge in [0.05, 0.1) is 0 Å². The zero-order chi connectivity index (χ0) is 23.5. The number of hydrogen-bond acceptors (Lipinski definition) is 0. The number of rotatable bonds is 13. The maximum absolute atomic E-state index is 15.4. The van der Waals surface area contributed by atoms with Crippen LogP contribution in [0.25, 0.3) is 0 Å². The van der Waals surface area contributed by atoms with E-state index in [-0.39, 0.29) is 11.8 Å². The lowest BCUT2D eigenvalue weighted by Crippen LogP contribution is -2.45. The molecule has 0 radical (unpaired) electrons. The van der Waals surface area contributed by atoms with Crippen LogP contribution in [0.2, 0.25) is 0 Å². The molecule has 0 N–H and O–H groups in total. The second-order valence-corrected chi connectivity index (χ2v) is 12.4. The van der Waals surface area contributed by atoms with Crippen molar-refractivity contribution in [1.29, 1.82) is 0 Å². The number of hydrogen-bond donors (Lipinski definition) is 0. The Balaban J connectivity index is 1.34. The van der Waals surface area contributed by atoms with Crippen molar-refractivity contribution in [3.63, 3.8) is 0 Å². The summed E-state index contributed by atoms with van der Waals surface area (Å²) in [5.74, 6) is 2.64. The second-order valence-electron chi connectivity index (χ2n) is 12.4. The maximum Gasteiger partial charge on any atom is 0.134 e. The smallest absolute Gasteiger partial charge is 0.134 e. The van der Waals surface area contributed by atoms with Crippen LogP contribution in [0.1, 0.15) is 149 Å². The van der Waals surface area contributed by atoms with Crippen molar-refractivity contribution >= 4 is 0 Å². The van der Waals surface area contributed by atoms with Crippen molar-refractivity contribution in [3.8, 4) is 0 Å². The fourth-order valence-corrected chi connectivity index (χ4v) is 7.87. The third-order valence-corrected chi connectivity index (χ3v) is 10.1. The molecule has 0 spiro atoms. The molecular weight excluding hydrogens is 410 g/mol. The number of unbranched alkanes of at least 4 members (excludes halogenated alkanes) is 7. The zero-order valence-corrected chi connectivity index (χ0v) is 22.2. The van der Waals surface area contributed by atoms with E-state index in [4.69, 9.17) is 0 Å². The first-order valence-corrected chi connectivity index (χ1v) is 15.4. The normalized spacial score (nSPS) is 37.8. The summed E-state index contributed by atoms with van der Waals surface area (Å²) in [6.07, 6.45) is 24.2. The minimum Gasteiger partial charge on any atom is -0.244 e. The van der Waals surface area contributed by atoms with Crippen LogP contribution < -0.4 is 0 Å². The molecule has 33 heavy (non-hydrogen) atoms. The van der Waals surface area contributed by atoms with Crippen molar-refractivity contribution < 1.29 is 8.78 Å². The Labute approximate surface area is 205 Å². The van der Waals surface area contributed by atoms with Gasteiger partial charge in [0.15, 0.2) is 0 Å². The van der Waals surface area contributed by atoms with Crippen molar-refractivity contribution in [2.45, 2.75) is 161 Å². The van der Waals surface area contributed by atoms with Gasteiger partial charge < -0.3 is 0 Å². The van der Waals surface area contributed by atoms with E-state index in [2.05, 4.69) is 13.8 Å². The minimum atomic E-state index is -1.19. The second kappa shape index (κ2) is 15.1. The molecule has 0 nitrogen and oxygen atoms in total. The van der Waals surface area contributed by atoms with E-state index < -0.39 is 12.3 Å². The van der Waals surface area contributed by atoms with E-state index in [0.717, 1.165) is 50.4 Å². The van der Waals surface area contributed by atoms with Crippen molar-refractivity contribution in [2.75, 3.05) is 0 Å². The fourth-order valence-electron chi connectivity index (χ4n) is 7.87. The molecule has 3 saturated carbocycles. The van der Waals surface area contributed by atoms with Crippen LogP contribution in [-0.4, -0.2) is 12.3 Å². The molecule has 0 aromatic carbocycles. The summed E-state index contributed by atoms with van der Waals surface area (Å²) < 4.78 is 30.8. The van der Waals surface area contributed by atoms with Crippen LogP contribution in [0.4, 0.5) is 8.78 Å². The lowest BCUT2D eigenvalue weighted by molar-refractivity contribution is -0.0371. The monoisotopic (exact) mass is 466 g/mol. The topological polar surface area (TPSA) is 0 Å². The van der Waals surface area contributed by atoms with Gasteiger partial charge in [0.1, 0.15) is 12.3 Å². The van der Waals surface area contributed by atoms with E-state index in [0.29, 0.717) is 11.8 Å². The third-order valence-electron chi connectivity index (χ3n) is 10.1. The van der Waals surface area contributed by atoms with E-state index in [1.165, 1.54) is 96.3 Å². The summed E-state index contributed by atoms with van der Waals surface area (Å²) in [7, 11) is 0. The van der Waals surface area contributed by atoms with Gasteiger partial charge in [0.25, 0.3) is 0 Å². The summed E-state index contributed by atoms with van der Waals surface area (Å²) in [6.45, 7) is 4.54. The van der Waals surface area contributed by atoms with Gasteiger partial charge >= 0.3 is 0 Å². The SMILES string of the molecule is CCCCCCCCC1CCC(C2CCC(C3CCC(CCCCC)CC3)C(F)C2F)CC1. The molecule has 2 heteroatoms. The highest BCUT2D eigenvalue weighted by Crippen LogP contribution is 2.48. The van der Waals surface area contributed by atoms with Crippen LogP contribution in [0.3, 0.4) is 0 Å². The molecule has 3 fully saturated rings. The molecule has 4 unspecified atom stereocenters. The molecule has 0 aromatic rings. The van der Waals surface area contributed by atoms with Crippen LogP contribution >= 0.6 is 0 Å². The van der Waals surface area contributed by atoms with Gasteiger partial charge in [-0.1, -0.05) is 110 Å². The molecule has 0 saturated heterocycles. The Morgan fingerprint density at radius 3 is 1.27 bits per heavy atom. The minimum absolute atomic E-state index is 0.0108. The summed E-state index contributed by atoms with van der Waals surface area (Å²) in [5.41, 5.74) is 0. The molecule has 3 aliphatic rings. The van der Waals surface area contributed by atoms with E-state index in [1.807, 2.05) is 0 Å². The first-order valence-electron chi connectivity index (χ1n) is 15.4. The van der Waals surface area contributed by atoms with Gasteiger partial charge in [-0.25, -0.2) is 8.78 Å². The quantitative estimate of drug-likeness (QED) is 0.237. The van der Waals surface area contributed by atoms with Crippen molar-refractivity contribution in [2.24, 2.45) is 35.5 Å². The van der Waals surface area contributed by atoms with E-state index in [9.17, 15) is 0 Å². The highest BCUT2D eigenvalue weighted by molar-refractivity contribution is 4.95. The van der Waals surface area contributed by atoms with Crippen molar-refractivity contribution in [1.82, 2.24) is 0 Å². The van der Waals surface area contributed by atoms with Gasteiger partial charge in [-0.3, -0.25) is 0 Å². The Kier molecular flexibility index (Phi) is 12.5.